The van der Waals surface area contributed by atoms with Crippen LogP contribution in [0.1, 0.15) is 42.6 Å². The number of pyridine rings is 1. The third-order valence-corrected chi connectivity index (χ3v) is 6.63. The van der Waals surface area contributed by atoms with Crippen LogP contribution in [-0.4, -0.2) is 32.6 Å². The summed E-state index contributed by atoms with van der Waals surface area (Å²) in [4.78, 5) is 31.6. The molecule has 0 spiro atoms. The van der Waals surface area contributed by atoms with Crippen LogP contribution in [-0.2, 0) is 9.59 Å². The van der Waals surface area contributed by atoms with Crippen molar-refractivity contribution in [2.24, 2.45) is 5.92 Å². The molecular weight excluding hydrogens is 398 g/mol. The van der Waals surface area contributed by atoms with E-state index >= 15 is 0 Å². The highest BCUT2D eigenvalue weighted by atomic mass is 32.1. The summed E-state index contributed by atoms with van der Waals surface area (Å²) in [5.41, 5.74) is 8.98. The zero-order valence-corrected chi connectivity index (χ0v) is 18.1. The number of carbonyl (C=O) groups excluding carboxylic acids is 2. The van der Waals surface area contributed by atoms with Crippen LogP contribution in [0.2, 0.25) is 0 Å². The Bertz CT molecular complexity index is 1130. The van der Waals surface area contributed by atoms with Gasteiger partial charge in [0.1, 0.15) is 5.82 Å². The molecule has 2 aromatic heterocycles. The number of fused-ring (bicyclic) bond motifs is 1. The van der Waals surface area contributed by atoms with Crippen molar-refractivity contribution < 1.29 is 9.59 Å². The van der Waals surface area contributed by atoms with Gasteiger partial charge in [0.25, 0.3) is 0 Å². The third kappa shape index (κ3) is 3.87. The Hall–Kier alpha value is -3.00. The van der Waals surface area contributed by atoms with Gasteiger partial charge in [-0.1, -0.05) is 13.0 Å². The van der Waals surface area contributed by atoms with Gasteiger partial charge < -0.3 is 16.0 Å². The van der Waals surface area contributed by atoms with E-state index in [4.69, 9.17) is 5.73 Å². The summed E-state index contributed by atoms with van der Waals surface area (Å²) in [7, 11) is 0. The average molecular weight is 424 g/mol. The minimum Gasteiger partial charge on any atom is -0.383 e. The number of nitrogen functional groups attached to an aromatic ring is 1. The largest absolute Gasteiger partial charge is 0.383 e. The molecule has 1 aliphatic rings. The number of anilines is 2. The fraction of sp³-hybridized carbons (Fsp3) is 0.364. The van der Waals surface area contributed by atoms with E-state index < -0.39 is 11.8 Å². The number of rotatable bonds is 2. The Balaban J connectivity index is 1.59. The van der Waals surface area contributed by atoms with E-state index in [-0.39, 0.29) is 6.04 Å². The molecule has 7 nitrogen and oxygen atoms in total. The normalized spacial score (nSPS) is 19.1. The molecule has 0 unspecified atom stereocenters. The zero-order chi connectivity index (χ0) is 21.4. The van der Waals surface area contributed by atoms with Gasteiger partial charge in [-0.05, 0) is 73.5 Å². The van der Waals surface area contributed by atoms with Crippen molar-refractivity contribution in [3.8, 4) is 0 Å². The number of nitrogens with two attached hydrogens (primary N) is 1. The van der Waals surface area contributed by atoms with Crippen molar-refractivity contribution in [2.45, 2.75) is 39.7 Å². The highest BCUT2D eigenvalue weighted by molar-refractivity contribution is 7.13. The van der Waals surface area contributed by atoms with Gasteiger partial charge in [0.2, 0.25) is 0 Å². The third-order valence-electron chi connectivity index (χ3n) is 5.71. The predicted molar refractivity (Wildman–Crippen MR) is 119 cm³/mol. The quantitative estimate of drug-likeness (QED) is 0.610. The molecule has 1 aliphatic heterocycles. The van der Waals surface area contributed by atoms with Crippen LogP contribution in [0, 0.1) is 19.8 Å². The number of amides is 2. The van der Waals surface area contributed by atoms with Crippen molar-refractivity contribution >= 4 is 44.9 Å². The van der Waals surface area contributed by atoms with E-state index in [0.29, 0.717) is 24.0 Å². The number of nitrogens with zero attached hydrogens (tertiary/aromatic N) is 3. The van der Waals surface area contributed by atoms with Crippen molar-refractivity contribution in [1.82, 2.24) is 14.3 Å². The molecule has 1 saturated heterocycles. The van der Waals surface area contributed by atoms with E-state index in [1.807, 2.05) is 13.0 Å². The van der Waals surface area contributed by atoms with Gasteiger partial charge >= 0.3 is 11.8 Å². The molecule has 2 atom stereocenters. The van der Waals surface area contributed by atoms with Gasteiger partial charge in [-0.2, -0.15) is 4.37 Å². The number of carbonyl (C=O) groups is 2. The Morgan fingerprint density at radius 3 is 2.80 bits per heavy atom. The van der Waals surface area contributed by atoms with Crippen LogP contribution in [0.5, 0.6) is 0 Å². The van der Waals surface area contributed by atoms with Crippen LogP contribution < -0.4 is 11.1 Å². The van der Waals surface area contributed by atoms with Gasteiger partial charge in [0, 0.05) is 11.9 Å². The maximum atomic E-state index is 13.1. The molecule has 2 amide bonds. The highest BCUT2D eigenvalue weighted by Gasteiger charge is 2.34. The van der Waals surface area contributed by atoms with Crippen molar-refractivity contribution in [3.05, 3.63) is 47.3 Å². The Labute approximate surface area is 179 Å². The topological polar surface area (TPSA) is 101 Å². The molecular formula is C22H25N5O2S. The van der Waals surface area contributed by atoms with E-state index in [1.54, 1.807) is 17.9 Å². The lowest BCUT2D eigenvalue weighted by Crippen LogP contribution is -2.46. The molecule has 4 rings (SSSR count). The van der Waals surface area contributed by atoms with Gasteiger partial charge in [-0.15, -0.1) is 0 Å². The first-order valence-corrected chi connectivity index (χ1v) is 10.8. The summed E-state index contributed by atoms with van der Waals surface area (Å²) in [5.74, 6) is -0.444. The van der Waals surface area contributed by atoms with E-state index in [2.05, 4.69) is 33.7 Å². The van der Waals surface area contributed by atoms with Crippen LogP contribution in [0.15, 0.2) is 30.5 Å². The van der Waals surface area contributed by atoms with Crippen molar-refractivity contribution in [1.29, 1.82) is 0 Å². The maximum absolute atomic E-state index is 13.1. The van der Waals surface area contributed by atoms with E-state index in [1.165, 1.54) is 17.7 Å². The number of aromatic nitrogens is 2. The van der Waals surface area contributed by atoms with Gasteiger partial charge in [-0.25, -0.2) is 4.98 Å². The highest BCUT2D eigenvalue weighted by Crippen LogP contribution is 2.36. The first-order valence-electron chi connectivity index (χ1n) is 10.0. The lowest BCUT2D eigenvalue weighted by Gasteiger charge is -2.38. The second kappa shape index (κ2) is 8.02. The molecule has 0 aliphatic carbocycles. The molecule has 3 heterocycles. The first-order chi connectivity index (χ1) is 14.3. The minimum absolute atomic E-state index is 0.130. The van der Waals surface area contributed by atoms with Crippen LogP contribution in [0.25, 0.3) is 10.1 Å². The van der Waals surface area contributed by atoms with Crippen LogP contribution in [0.3, 0.4) is 0 Å². The molecule has 0 radical (unpaired) electrons. The summed E-state index contributed by atoms with van der Waals surface area (Å²) in [5, 5.41) is 3.78. The van der Waals surface area contributed by atoms with Gasteiger partial charge in [-0.3, -0.25) is 9.59 Å². The molecule has 3 N–H and O–H groups in total. The molecule has 156 valence electrons. The molecule has 30 heavy (non-hydrogen) atoms. The number of hydrogen-bond donors (Lipinski definition) is 2. The number of piperidine rings is 1. The standard InChI is InChI=1S/C22H25N5O2S/c1-12-4-6-18(15-5-7-19-17(9-15)14(3)26-30-19)27(11-12)22(29)21(28)25-16-8-13(2)20(23)24-10-16/h5,7-10,12,18H,4,6,11H2,1-3H3,(H2,23,24)(H,25,28)/t12-,18+/m0/s1. The minimum atomic E-state index is -0.658. The lowest BCUT2D eigenvalue weighted by molar-refractivity contribution is -0.146. The Morgan fingerprint density at radius 2 is 2.03 bits per heavy atom. The second-order valence-electron chi connectivity index (χ2n) is 8.06. The molecule has 0 bridgehead atoms. The molecule has 1 fully saturated rings. The second-order valence-corrected chi connectivity index (χ2v) is 8.86. The number of hydrogen-bond acceptors (Lipinski definition) is 6. The Morgan fingerprint density at radius 1 is 1.23 bits per heavy atom. The molecule has 8 heteroatoms. The smallest absolute Gasteiger partial charge is 0.313 e. The number of likely N-dealkylation sites (tertiary alicyclic amines) is 1. The van der Waals surface area contributed by atoms with Gasteiger partial charge in [0.05, 0.1) is 28.3 Å². The predicted octanol–water partition coefficient (Wildman–Crippen LogP) is 3.83. The summed E-state index contributed by atoms with van der Waals surface area (Å²) >= 11 is 1.48. The maximum Gasteiger partial charge on any atom is 0.313 e. The molecule has 3 aromatic rings. The number of aryl methyl sites for hydroxylation is 2. The van der Waals surface area contributed by atoms with E-state index in [0.717, 1.165) is 39.7 Å². The summed E-state index contributed by atoms with van der Waals surface area (Å²) in [6, 6.07) is 7.80. The van der Waals surface area contributed by atoms with Crippen molar-refractivity contribution in [2.75, 3.05) is 17.6 Å². The zero-order valence-electron chi connectivity index (χ0n) is 17.3. The summed E-state index contributed by atoms with van der Waals surface area (Å²) in [6.45, 7) is 6.46. The fourth-order valence-corrected chi connectivity index (χ4v) is 4.74. The summed E-state index contributed by atoms with van der Waals surface area (Å²) < 4.78 is 5.55. The lowest BCUT2D eigenvalue weighted by atomic mass is 9.89. The first kappa shape index (κ1) is 20.3. The number of benzene rings is 1. The monoisotopic (exact) mass is 423 g/mol. The van der Waals surface area contributed by atoms with Gasteiger partial charge in [0.15, 0.2) is 0 Å². The van der Waals surface area contributed by atoms with E-state index in [9.17, 15) is 9.59 Å². The summed E-state index contributed by atoms with van der Waals surface area (Å²) in [6.07, 6.45) is 3.30. The average Bonchev–Trinajstić information content (AvgIpc) is 3.10. The molecule has 1 aromatic carbocycles. The van der Waals surface area contributed by atoms with Crippen LogP contribution >= 0.6 is 11.5 Å². The van der Waals surface area contributed by atoms with Crippen LogP contribution in [0.4, 0.5) is 11.5 Å². The number of nitrogens with one attached hydrogen (secondary N) is 1. The fourth-order valence-electron chi connectivity index (χ4n) is 3.98. The Kier molecular flexibility index (Phi) is 5.42. The molecule has 0 saturated carbocycles. The van der Waals surface area contributed by atoms with Crippen molar-refractivity contribution in [3.63, 3.8) is 0 Å². The SMILES string of the molecule is Cc1cc(NC(=O)C(=O)N2C[C@@H](C)CC[C@@H]2c2ccc3snc(C)c3c2)cnc1N.